The SMILES string of the molecule is NC(=O)c1c(-c2c(Cl)cccc2Cl)nc2c3cc(-c4ccc(C(=O)O)cc4)cnc3ccn12. The van der Waals surface area contributed by atoms with E-state index < -0.39 is 11.9 Å². The summed E-state index contributed by atoms with van der Waals surface area (Å²) in [7, 11) is 0. The highest BCUT2D eigenvalue weighted by molar-refractivity contribution is 6.39. The Morgan fingerprint density at radius 2 is 1.67 bits per heavy atom. The minimum atomic E-state index is -0.998. The van der Waals surface area contributed by atoms with Crippen LogP contribution in [0.1, 0.15) is 20.8 Å². The molecule has 0 unspecified atom stereocenters. The van der Waals surface area contributed by atoms with Crippen molar-refractivity contribution >= 4 is 51.6 Å². The average Bonchev–Trinajstić information content (AvgIpc) is 3.18. The molecule has 5 aromatic rings. The Morgan fingerprint density at radius 1 is 0.970 bits per heavy atom. The number of nitrogens with zero attached hydrogens (tertiary/aromatic N) is 3. The van der Waals surface area contributed by atoms with E-state index in [9.17, 15) is 9.59 Å². The summed E-state index contributed by atoms with van der Waals surface area (Å²) in [6.07, 6.45) is 3.37. The molecule has 0 atom stereocenters. The molecule has 0 radical (unpaired) electrons. The number of carboxylic acids is 1. The number of rotatable bonds is 4. The Kier molecular flexibility index (Phi) is 5.00. The molecule has 162 valence electrons. The molecule has 1 amide bonds. The molecule has 0 saturated carbocycles. The molecule has 5 rings (SSSR count). The third-order valence-corrected chi connectivity index (χ3v) is 5.98. The molecule has 0 fully saturated rings. The maximum Gasteiger partial charge on any atom is 0.335 e. The molecule has 0 spiro atoms. The highest BCUT2D eigenvalue weighted by atomic mass is 35.5. The fourth-order valence-electron chi connectivity index (χ4n) is 3.80. The van der Waals surface area contributed by atoms with Crippen LogP contribution in [0.5, 0.6) is 0 Å². The van der Waals surface area contributed by atoms with Crippen molar-refractivity contribution in [3.63, 3.8) is 0 Å². The van der Waals surface area contributed by atoms with Crippen LogP contribution in [-0.2, 0) is 0 Å². The minimum Gasteiger partial charge on any atom is -0.478 e. The quantitative estimate of drug-likeness (QED) is 0.364. The number of aromatic carboxylic acids is 1. The monoisotopic (exact) mass is 476 g/mol. The molecule has 3 aromatic heterocycles. The number of fused-ring (bicyclic) bond motifs is 3. The van der Waals surface area contributed by atoms with Gasteiger partial charge < -0.3 is 10.8 Å². The van der Waals surface area contributed by atoms with Crippen LogP contribution < -0.4 is 5.73 Å². The molecule has 7 nitrogen and oxygen atoms in total. The molecule has 0 bridgehead atoms. The lowest BCUT2D eigenvalue weighted by Gasteiger charge is -2.06. The molecular weight excluding hydrogens is 463 g/mol. The van der Waals surface area contributed by atoms with Crippen molar-refractivity contribution in [3.8, 4) is 22.4 Å². The van der Waals surface area contributed by atoms with Gasteiger partial charge in [0.15, 0.2) is 0 Å². The molecule has 3 N–H and O–H groups in total. The topological polar surface area (TPSA) is 111 Å². The van der Waals surface area contributed by atoms with Crippen LogP contribution in [0.25, 0.3) is 38.9 Å². The number of carbonyl (C=O) groups is 2. The number of carboxylic acid groups (broad SMARTS) is 1. The number of hydrogen-bond donors (Lipinski definition) is 2. The first-order valence-corrected chi connectivity index (χ1v) is 10.5. The van der Waals surface area contributed by atoms with Gasteiger partial charge >= 0.3 is 5.97 Å². The zero-order valence-electron chi connectivity index (χ0n) is 16.8. The summed E-state index contributed by atoms with van der Waals surface area (Å²) < 4.78 is 1.60. The van der Waals surface area contributed by atoms with Gasteiger partial charge in [-0.3, -0.25) is 14.2 Å². The molecule has 0 aliphatic carbocycles. The van der Waals surface area contributed by atoms with Crippen molar-refractivity contribution < 1.29 is 14.7 Å². The van der Waals surface area contributed by atoms with Crippen molar-refractivity contribution in [2.24, 2.45) is 5.73 Å². The Bertz CT molecular complexity index is 1570. The summed E-state index contributed by atoms with van der Waals surface area (Å²) in [5, 5.41) is 10.5. The standard InChI is InChI=1S/C24H14Cl2N4O3/c25-16-2-1-3-17(26)19(16)20-21(22(27)31)30-9-8-18-15(23(30)29-20)10-14(11-28-18)12-4-6-13(7-5-12)24(32)33/h1-11H,(H2,27,31)(H,32,33). The van der Waals surface area contributed by atoms with E-state index in [-0.39, 0.29) is 17.0 Å². The Hall–Kier alpha value is -3.94. The largest absolute Gasteiger partial charge is 0.478 e. The van der Waals surface area contributed by atoms with E-state index in [1.165, 1.54) is 12.1 Å². The van der Waals surface area contributed by atoms with Crippen LogP contribution in [0.4, 0.5) is 0 Å². The number of nitrogens with two attached hydrogens (primary N) is 1. The fraction of sp³-hybridized carbons (Fsp3) is 0. The number of benzene rings is 2. The van der Waals surface area contributed by atoms with Gasteiger partial charge in [0.25, 0.3) is 5.91 Å². The van der Waals surface area contributed by atoms with E-state index in [0.29, 0.717) is 32.2 Å². The number of amides is 1. The van der Waals surface area contributed by atoms with Gasteiger partial charge in [-0.15, -0.1) is 0 Å². The smallest absolute Gasteiger partial charge is 0.335 e. The van der Waals surface area contributed by atoms with Crippen molar-refractivity contribution in [1.82, 2.24) is 14.4 Å². The normalized spacial score (nSPS) is 11.2. The highest BCUT2D eigenvalue weighted by Gasteiger charge is 2.23. The van der Waals surface area contributed by atoms with E-state index in [4.69, 9.17) is 39.0 Å². The average molecular weight is 477 g/mol. The van der Waals surface area contributed by atoms with Crippen LogP contribution in [0, 0.1) is 0 Å². The number of carbonyl (C=O) groups excluding carboxylic acids is 1. The molecule has 2 aromatic carbocycles. The number of imidazole rings is 1. The second-order valence-electron chi connectivity index (χ2n) is 7.32. The summed E-state index contributed by atoms with van der Waals surface area (Å²) in [5.74, 6) is -1.68. The summed E-state index contributed by atoms with van der Waals surface area (Å²) in [6.45, 7) is 0. The van der Waals surface area contributed by atoms with Gasteiger partial charge in [0.05, 0.1) is 21.1 Å². The first-order valence-electron chi connectivity index (χ1n) is 9.74. The first-order chi connectivity index (χ1) is 15.8. The van der Waals surface area contributed by atoms with Crippen LogP contribution in [0.2, 0.25) is 10.0 Å². The number of pyridine rings is 2. The predicted octanol–water partition coefficient (Wildman–Crippen LogP) is 5.32. The fourth-order valence-corrected chi connectivity index (χ4v) is 4.37. The Labute approximate surface area is 197 Å². The second kappa shape index (κ2) is 7.88. The number of primary amides is 1. The number of halogens is 2. The van der Waals surface area contributed by atoms with Crippen molar-refractivity contribution in [2.45, 2.75) is 0 Å². The zero-order chi connectivity index (χ0) is 23.3. The van der Waals surface area contributed by atoms with E-state index in [1.807, 2.05) is 6.07 Å². The highest BCUT2D eigenvalue weighted by Crippen LogP contribution is 2.37. The summed E-state index contributed by atoms with van der Waals surface area (Å²) in [4.78, 5) is 32.8. The van der Waals surface area contributed by atoms with Crippen LogP contribution in [0.15, 0.2) is 67.0 Å². The van der Waals surface area contributed by atoms with Crippen LogP contribution >= 0.6 is 23.2 Å². The first kappa shape index (κ1) is 20.9. The van der Waals surface area contributed by atoms with Crippen LogP contribution in [-0.4, -0.2) is 31.4 Å². The minimum absolute atomic E-state index is 0.151. The van der Waals surface area contributed by atoms with Crippen molar-refractivity contribution in [1.29, 1.82) is 0 Å². The molecule has 33 heavy (non-hydrogen) atoms. The lowest BCUT2D eigenvalue weighted by atomic mass is 10.0. The van der Waals surface area contributed by atoms with Gasteiger partial charge in [0.2, 0.25) is 0 Å². The van der Waals surface area contributed by atoms with Crippen molar-refractivity contribution in [3.05, 3.63) is 88.3 Å². The summed E-state index contributed by atoms with van der Waals surface area (Å²) in [6, 6.07) is 15.1. The molecule has 9 heteroatoms. The third kappa shape index (κ3) is 3.47. The van der Waals surface area contributed by atoms with E-state index >= 15 is 0 Å². The van der Waals surface area contributed by atoms with E-state index in [2.05, 4.69) is 4.98 Å². The molecule has 0 aliphatic rings. The maximum atomic E-state index is 12.4. The van der Waals surface area contributed by atoms with Gasteiger partial charge in [-0.1, -0.05) is 41.4 Å². The van der Waals surface area contributed by atoms with Crippen LogP contribution in [0.3, 0.4) is 0 Å². The lowest BCUT2D eigenvalue weighted by molar-refractivity contribution is 0.0696. The van der Waals surface area contributed by atoms with Crippen molar-refractivity contribution in [2.75, 3.05) is 0 Å². The zero-order valence-corrected chi connectivity index (χ0v) is 18.3. The summed E-state index contributed by atoms with van der Waals surface area (Å²) >= 11 is 12.8. The molecule has 0 saturated heterocycles. The maximum absolute atomic E-state index is 12.4. The van der Waals surface area contributed by atoms with E-state index in [1.54, 1.807) is 53.2 Å². The van der Waals surface area contributed by atoms with Gasteiger partial charge in [-0.05, 0) is 42.0 Å². The second-order valence-corrected chi connectivity index (χ2v) is 8.13. The molecular formula is C24H14Cl2N4O3. The van der Waals surface area contributed by atoms with E-state index in [0.717, 1.165) is 11.1 Å². The Morgan fingerprint density at radius 3 is 2.30 bits per heavy atom. The Balaban J connectivity index is 1.78. The summed E-state index contributed by atoms with van der Waals surface area (Å²) in [5.41, 5.74) is 9.42. The number of aromatic nitrogens is 3. The molecule has 0 aliphatic heterocycles. The molecule has 3 heterocycles. The van der Waals surface area contributed by atoms with Gasteiger partial charge in [0, 0.05) is 28.9 Å². The van der Waals surface area contributed by atoms with Gasteiger partial charge in [0.1, 0.15) is 17.0 Å². The van der Waals surface area contributed by atoms with Gasteiger partial charge in [-0.2, -0.15) is 0 Å². The lowest BCUT2D eigenvalue weighted by Crippen LogP contribution is -2.15. The number of hydrogen-bond acceptors (Lipinski definition) is 4. The van der Waals surface area contributed by atoms with Gasteiger partial charge in [-0.25, -0.2) is 9.78 Å². The third-order valence-electron chi connectivity index (χ3n) is 5.35. The predicted molar refractivity (Wildman–Crippen MR) is 127 cm³/mol.